The van der Waals surface area contributed by atoms with Crippen LogP contribution in [0.5, 0.6) is 0 Å². The van der Waals surface area contributed by atoms with Gasteiger partial charge < -0.3 is 9.64 Å². The normalized spacial score (nSPS) is 15.2. The Bertz CT molecular complexity index is 681. The highest BCUT2D eigenvalue weighted by Gasteiger charge is 2.25. The molecule has 0 N–H and O–H groups in total. The molecule has 0 radical (unpaired) electrons. The van der Waals surface area contributed by atoms with E-state index in [1.807, 2.05) is 0 Å². The first-order valence-corrected chi connectivity index (χ1v) is 8.71. The van der Waals surface area contributed by atoms with Crippen LogP contribution < -0.4 is 0 Å². The maximum Gasteiger partial charge on any atom is 0.338 e. The number of hydrogen-bond donors (Lipinski definition) is 0. The molecule has 1 saturated heterocycles. The van der Waals surface area contributed by atoms with Crippen molar-refractivity contribution < 1.29 is 19.2 Å². The predicted octanol–water partition coefficient (Wildman–Crippen LogP) is 2.19. The zero-order valence-corrected chi connectivity index (χ0v) is 15.4. The number of hydrogen-bond acceptors (Lipinski definition) is 6. The molecule has 0 unspecified atom stereocenters. The van der Waals surface area contributed by atoms with E-state index in [1.165, 1.54) is 19.2 Å². The average molecular weight is 363 g/mol. The third-order valence-corrected chi connectivity index (χ3v) is 4.48. The molecular formula is C18H25N3O5. The van der Waals surface area contributed by atoms with E-state index in [4.69, 9.17) is 0 Å². The van der Waals surface area contributed by atoms with E-state index in [2.05, 4.69) is 23.5 Å². The molecule has 1 amide bonds. The first kappa shape index (κ1) is 19.8. The van der Waals surface area contributed by atoms with Gasteiger partial charge in [0.05, 0.1) is 17.6 Å². The van der Waals surface area contributed by atoms with Gasteiger partial charge in [-0.05, 0) is 24.9 Å². The van der Waals surface area contributed by atoms with E-state index in [1.54, 1.807) is 4.90 Å². The second-order valence-electron chi connectivity index (χ2n) is 6.83. The van der Waals surface area contributed by atoms with Gasteiger partial charge >= 0.3 is 5.97 Å². The molecule has 8 nitrogen and oxygen atoms in total. The Morgan fingerprint density at radius 1 is 1.15 bits per heavy atom. The number of ether oxygens (including phenoxy) is 1. The minimum absolute atomic E-state index is 0.000573. The molecule has 0 aliphatic carbocycles. The maximum absolute atomic E-state index is 12.7. The van der Waals surface area contributed by atoms with Crippen LogP contribution in [0, 0.1) is 16.0 Å². The summed E-state index contributed by atoms with van der Waals surface area (Å²) in [6.07, 6.45) is 1.11. The maximum atomic E-state index is 12.7. The molecule has 1 aromatic carbocycles. The van der Waals surface area contributed by atoms with E-state index in [0.717, 1.165) is 32.1 Å². The Morgan fingerprint density at radius 2 is 1.77 bits per heavy atom. The van der Waals surface area contributed by atoms with Crippen LogP contribution in [-0.2, 0) is 4.74 Å². The highest BCUT2D eigenvalue weighted by atomic mass is 16.6. The lowest BCUT2D eigenvalue weighted by Gasteiger charge is -2.35. The largest absolute Gasteiger partial charge is 0.465 e. The van der Waals surface area contributed by atoms with Crippen LogP contribution in [0.2, 0.25) is 0 Å². The van der Waals surface area contributed by atoms with Gasteiger partial charge in [0.1, 0.15) is 0 Å². The lowest BCUT2D eigenvalue weighted by Crippen LogP contribution is -2.49. The highest BCUT2D eigenvalue weighted by molar-refractivity contribution is 5.99. The molecule has 1 fully saturated rings. The van der Waals surface area contributed by atoms with E-state index in [-0.39, 0.29) is 22.7 Å². The molecule has 26 heavy (non-hydrogen) atoms. The second kappa shape index (κ2) is 8.75. The topological polar surface area (TPSA) is 93.0 Å². The molecule has 8 heteroatoms. The third kappa shape index (κ3) is 5.01. The number of benzene rings is 1. The molecule has 0 bridgehead atoms. The number of carbonyl (C=O) groups excluding carboxylic acids is 2. The van der Waals surface area contributed by atoms with Crippen molar-refractivity contribution in [2.75, 3.05) is 39.8 Å². The summed E-state index contributed by atoms with van der Waals surface area (Å²) in [5, 5.41) is 11.1. The zero-order chi connectivity index (χ0) is 19.3. The molecule has 2 rings (SSSR count). The molecule has 0 spiro atoms. The van der Waals surface area contributed by atoms with Crippen LogP contribution in [-0.4, -0.2) is 66.4 Å². The number of nitrogens with zero attached hydrogens (tertiary/aromatic N) is 3. The van der Waals surface area contributed by atoms with Gasteiger partial charge in [-0.25, -0.2) is 4.79 Å². The first-order valence-electron chi connectivity index (χ1n) is 8.71. The standard InChI is InChI=1S/C18H25N3O5/c1-13(2)4-5-19-6-8-20(9-7-19)17(22)14-10-15(18(23)26-3)12-16(11-14)21(24)25/h10-13H,4-9H2,1-3H3. The van der Waals surface area contributed by atoms with Crippen molar-refractivity contribution in [2.45, 2.75) is 20.3 Å². The summed E-state index contributed by atoms with van der Waals surface area (Å²) in [5.74, 6) is -0.375. The van der Waals surface area contributed by atoms with E-state index in [9.17, 15) is 19.7 Å². The lowest BCUT2D eigenvalue weighted by molar-refractivity contribution is -0.384. The summed E-state index contributed by atoms with van der Waals surface area (Å²) in [6.45, 7) is 8.04. The smallest absolute Gasteiger partial charge is 0.338 e. The van der Waals surface area contributed by atoms with E-state index < -0.39 is 10.9 Å². The fourth-order valence-corrected chi connectivity index (χ4v) is 2.87. The minimum Gasteiger partial charge on any atom is -0.465 e. The molecule has 1 aliphatic rings. The summed E-state index contributed by atoms with van der Waals surface area (Å²) in [6, 6.07) is 3.68. The number of nitro benzene ring substituents is 1. The SMILES string of the molecule is COC(=O)c1cc(C(=O)N2CCN(CCC(C)C)CC2)cc([N+](=O)[O-])c1. The van der Waals surface area contributed by atoms with Crippen LogP contribution >= 0.6 is 0 Å². The third-order valence-electron chi connectivity index (χ3n) is 4.48. The number of amides is 1. The van der Waals surface area contributed by atoms with Crippen molar-refractivity contribution >= 4 is 17.6 Å². The number of esters is 1. The number of non-ortho nitro benzene ring substituents is 1. The summed E-state index contributed by atoms with van der Waals surface area (Å²) < 4.78 is 4.62. The Kier molecular flexibility index (Phi) is 6.68. The van der Waals surface area contributed by atoms with Crippen molar-refractivity contribution in [3.63, 3.8) is 0 Å². The van der Waals surface area contributed by atoms with Gasteiger partial charge in [0.25, 0.3) is 11.6 Å². The van der Waals surface area contributed by atoms with Crippen molar-refractivity contribution in [3.05, 3.63) is 39.4 Å². The molecule has 0 saturated carbocycles. The van der Waals surface area contributed by atoms with Crippen LogP contribution in [0.3, 0.4) is 0 Å². The Morgan fingerprint density at radius 3 is 2.31 bits per heavy atom. The molecule has 1 aliphatic heterocycles. The average Bonchev–Trinajstić information content (AvgIpc) is 2.65. The number of methoxy groups -OCH3 is 1. The number of rotatable bonds is 6. The van der Waals surface area contributed by atoms with Crippen molar-refractivity contribution in [3.8, 4) is 0 Å². The lowest BCUT2D eigenvalue weighted by atomic mass is 10.1. The zero-order valence-electron chi connectivity index (χ0n) is 15.4. The van der Waals surface area contributed by atoms with E-state index in [0.29, 0.717) is 19.0 Å². The molecular weight excluding hydrogens is 338 g/mol. The molecule has 0 aromatic heterocycles. The summed E-state index contributed by atoms with van der Waals surface area (Å²) in [5.41, 5.74) is -0.164. The predicted molar refractivity (Wildman–Crippen MR) is 96.2 cm³/mol. The van der Waals surface area contributed by atoms with Gasteiger partial charge in [0.15, 0.2) is 0 Å². The first-order chi connectivity index (χ1) is 12.3. The van der Waals surface area contributed by atoms with Crippen LogP contribution in [0.4, 0.5) is 5.69 Å². The molecule has 1 heterocycles. The van der Waals surface area contributed by atoms with Crippen LogP contribution in [0.25, 0.3) is 0 Å². The molecule has 142 valence electrons. The van der Waals surface area contributed by atoms with Gasteiger partial charge in [-0.1, -0.05) is 13.8 Å². The number of nitro groups is 1. The second-order valence-corrected chi connectivity index (χ2v) is 6.83. The van der Waals surface area contributed by atoms with Crippen molar-refractivity contribution in [1.29, 1.82) is 0 Å². The van der Waals surface area contributed by atoms with Crippen LogP contribution in [0.15, 0.2) is 18.2 Å². The van der Waals surface area contributed by atoms with Gasteiger partial charge in [0.2, 0.25) is 0 Å². The Hall–Kier alpha value is -2.48. The van der Waals surface area contributed by atoms with Crippen molar-refractivity contribution in [2.24, 2.45) is 5.92 Å². The van der Waals surface area contributed by atoms with Gasteiger partial charge in [-0.15, -0.1) is 0 Å². The summed E-state index contributed by atoms with van der Waals surface area (Å²) in [4.78, 5) is 39.0. The van der Waals surface area contributed by atoms with Gasteiger partial charge in [-0.2, -0.15) is 0 Å². The fraction of sp³-hybridized carbons (Fsp3) is 0.556. The number of carbonyl (C=O) groups is 2. The highest BCUT2D eigenvalue weighted by Crippen LogP contribution is 2.20. The van der Waals surface area contributed by atoms with Gasteiger partial charge in [0, 0.05) is 43.9 Å². The van der Waals surface area contributed by atoms with E-state index >= 15 is 0 Å². The molecule has 0 atom stereocenters. The monoisotopic (exact) mass is 363 g/mol. The summed E-state index contributed by atoms with van der Waals surface area (Å²) >= 11 is 0. The molecule has 1 aromatic rings. The Balaban J connectivity index is 2.11. The summed E-state index contributed by atoms with van der Waals surface area (Å²) in [7, 11) is 1.19. The minimum atomic E-state index is -0.707. The quantitative estimate of drug-likeness (QED) is 0.437. The Labute approximate surface area is 152 Å². The number of piperazine rings is 1. The fourth-order valence-electron chi connectivity index (χ4n) is 2.87. The van der Waals surface area contributed by atoms with Crippen LogP contribution in [0.1, 0.15) is 41.0 Å². The van der Waals surface area contributed by atoms with Gasteiger partial charge in [-0.3, -0.25) is 19.8 Å². The van der Waals surface area contributed by atoms with Crippen molar-refractivity contribution in [1.82, 2.24) is 9.80 Å².